The van der Waals surface area contributed by atoms with Crippen molar-refractivity contribution in [3.8, 4) is 11.8 Å². The molecule has 2 rings (SSSR count). The molecule has 1 heteroatoms. The maximum atomic E-state index is 14.9. The number of hydrogen-bond donors (Lipinski definition) is 0. The summed E-state index contributed by atoms with van der Waals surface area (Å²) in [6.45, 7) is 12.3. The molecule has 0 aliphatic heterocycles. The van der Waals surface area contributed by atoms with E-state index in [2.05, 4.69) is 44.4 Å². The summed E-state index contributed by atoms with van der Waals surface area (Å²) >= 11 is 0. The summed E-state index contributed by atoms with van der Waals surface area (Å²) in [6, 6.07) is 11.8. The van der Waals surface area contributed by atoms with E-state index in [0.29, 0.717) is 5.56 Å². The molecule has 0 saturated heterocycles. The van der Waals surface area contributed by atoms with Crippen molar-refractivity contribution in [1.82, 2.24) is 0 Å². The minimum atomic E-state index is -0.280. The van der Waals surface area contributed by atoms with Crippen LogP contribution in [0.3, 0.4) is 0 Å². The van der Waals surface area contributed by atoms with Crippen LogP contribution in [-0.2, 0) is 6.42 Å². The molecule has 0 saturated carbocycles. The first-order valence-corrected chi connectivity index (χ1v) is 10.9. The van der Waals surface area contributed by atoms with Gasteiger partial charge in [-0.15, -0.1) is 0 Å². The van der Waals surface area contributed by atoms with Crippen LogP contribution in [0.15, 0.2) is 66.8 Å². The van der Waals surface area contributed by atoms with Crippen molar-refractivity contribution in [2.24, 2.45) is 0 Å². The number of unbranched alkanes of at least 4 members (excludes halogenated alkanes) is 1. The van der Waals surface area contributed by atoms with Crippen molar-refractivity contribution < 1.29 is 4.39 Å². The third-order valence-electron chi connectivity index (χ3n) is 5.11. The summed E-state index contributed by atoms with van der Waals surface area (Å²) in [5, 5.41) is 0. The van der Waals surface area contributed by atoms with Gasteiger partial charge in [-0.2, -0.15) is 0 Å². The molecule has 2 aromatic carbocycles. The van der Waals surface area contributed by atoms with E-state index in [4.69, 9.17) is 0 Å². The molecule has 0 radical (unpaired) electrons. The zero-order chi connectivity index (χ0) is 21.9. The van der Waals surface area contributed by atoms with Crippen molar-refractivity contribution in [2.75, 3.05) is 0 Å². The van der Waals surface area contributed by atoms with Gasteiger partial charge in [-0.1, -0.05) is 81.0 Å². The van der Waals surface area contributed by atoms with E-state index in [9.17, 15) is 4.39 Å². The average Bonchev–Trinajstić information content (AvgIpc) is 2.73. The molecule has 0 atom stereocenters. The van der Waals surface area contributed by atoms with Crippen LogP contribution in [0, 0.1) is 24.6 Å². The second kappa shape index (κ2) is 12.0. The first-order valence-electron chi connectivity index (χ1n) is 10.9. The highest BCUT2D eigenvalue weighted by Crippen LogP contribution is 2.23. The van der Waals surface area contributed by atoms with Crippen LogP contribution >= 0.6 is 0 Å². The van der Waals surface area contributed by atoms with Gasteiger partial charge >= 0.3 is 0 Å². The standard InChI is InChI=1S/C29H33F/c1-6-9-11-24-13-15-25(16-14-24)17-19-28-23(5)20-27(21-29(28)30)26(8-3)18-12-22(4)10-7-2/h8,12-16,18,20-21H,4,6-7,9-11H2,1-3,5H3/b18-12-,26-8+. The maximum absolute atomic E-state index is 14.9. The molecule has 0 aromatic heterocycles. The Labute approximate surface area is 182 Å². The molecule has 0 bridgehead atoms. The minimum absolute atomic E-state index is 0.280. The molecule has 0 unspecified atom stereocenters. The van der Waals surface area contributed by atoms with Crippen LogP contribution < -0.4 is 0 Å². The van der Waals surface area contributed by atoms with Gasteiger partial charge in [0.05, 0.1) is 5.56 Å². The SMILES string of the molecule is C=C(/C=C\C(=C/C)c1cc(C)c(C#Cc2ccc(CCCC)cc2)c(F)c1)CCC. The van der Waals surface area contributed by atoms with E-state index < -0.39 is 0 Å². The Balaban J connectivity index is 2.23. The van der Waals surface area contributed by atoms with Gasteiger partial charge in [0.15, 0.2) is 0 Å². The van der Waals surface area contributed by atoms with Gasteiger partial charge in [0.25, 0.3) is 0 Å². The fraction of sp³-hybridized carbons (Fsp3) is 0.310. The van der Waals surface area contributed by atoms with Gasteiger partial charge < -0.3 is 0 Å². The Morgan fingerprint density at radius 1 is 1.03 bits per heavy atom. The number of aryl methyl sites for hydroxylation is 2. The van der Waals surface area contributed by atoms with Gasteiger partial charge in [0.2, 0.25) is 0 Å². The van der Waals surface area contributed by atoms with Crippen LogP contribution in [0.4, 0.5) is 4.39 Å². The summed E-state index contributed by atoms with van der Waals surface area (Å²) in [5.74, 6) is 5.87. The van der Waals surface area contributed by atoms with E-state index in [0.717, 1.165) is 47.1 Å². The first kappa shape index (κ1) is 23.4. The van der Waals surface area contributed by atoms with Crippen molar-refractivity contribution in [1.29, 1.82) is 0 Å². The van der Waals surface area contributed by atoms with Gasteiger partial charge in [-0.3, -0.25) is 0 Å². The maximum Gasteiger partial charge on any atom is 0.139 e. The molecule has 0 heterocycles. The molecular weight excluding hydrogens is 367 g/mol. The molecule has 156 valence electrons. The highest BCUT2D eigenvalue weighted by atomic mass is 19.1. The number of hydrogen-bond acceptors (Lipinski definition) is 0. The van der Waals surface area contributed by atoms with E-state index in [1.54, 1.807) is 6.07 Å². The predicted molar refractivity (Wildman–Crippen MR) is 129 cm³/mol. The lowest BCUT2D eigenvalue weighted by atomic mass is 9.98. The molecule has 0 nitrogen and oxygen atoms in total. The number of rotatable bonds is 8. The topological polar surface area (TPSA) is 0 Å². The van der Waals surface area contributed by atoms with Gasteiger partial charge in [-0.05, 0) is 79.6 Å². The van der Waals surface area contributed by atoms with Crippen LogP contribution in [0.25, 0.3) is 5.57 Å². The lowest BCUT2D eigenvalue weighted by Crippen LogP contribution is -1.93. The summed E-state index contributed by atoms with van der Waals surface area (Å²) in [7, 11) is 0. The molecule has 0 aliphatic rings. The summed E-state index contributed by atoms with van der Waals surface area (Å²) in [4.78, 5) is 0. The van der Waals surface area contributed by atoms with E-state index in [1.165, 1.54) is 18.4 Å². The fourth-order valence-electron chi connectivity index (χ4n) is 3.31. The van der Waals surface area contributed by atoms with Crippen molar-refractivity contribution in [2.45, 2.75) is 59.8 Å². The number of benzene rings is 2. The number of allylic oxidation sites excluding steroid dienone is 5. The smallest absolute Gasteiger partial charge is 0.139 e. The molecule has 0 amide bonds. The Hall–Kier alpha value is -2.85. The Morgan fingerprint density at radius 2 is 1.77 bits per heavy atom. The van der Waals surface area contributed by atoms with Crippen molar-refractivity contribution in [3.05, 3.63) is 100 Å². The minimum Gasteiger partial charge on any atom is -0.206 e. The Kier molecular flexibility index (Phi) is 9.36. The van der Waals surface area contributed by atoms with Gasteiger partial charge in [-0.25, -0.2) is 4.39 Å². The molecule has 0 N–H and O–H groups in total. The highest BCUT2D eigenvalue weighted by Gasteiger charge is 2.08. The third kappa shape index (κ3) is 6.89. The van der Waals surface area contributed by atoms with E-state index in [-0.39, 0.29) is 5.82 Å². The van der Waals surface area contributed by atoms with E-state index >= 15 is 0 Å². The lowest BCUT2D eigenvalue weighted by Gasteiger charge is -2.08. The molecular formula is C29H33F. The molecule has 0 fully saturated rings. The third-order valence-corrected chi connectivity index (χ3v) is 5.11. The van der Waals surface area contributed by atoms with Gasteiger partial charge in [0, 0.05) is 5.56 Å². The van der Waals surface area contributed by atoms with Gasteiger partial charge in [0.1, 0.15) is 5.82 Å². The molecule has 0 aliphatic carbocycles. The quantitative estimate of drug-likeness (QED) is 0.309. The second-order valence-corrected chi connectivity index (χ2v) is 7.69. The van der Waals surface area contributed by atoms with Crippen LogP contribution in [0.1, 0.15) is 74.3 Å². The summed E-state index contributed by atoms with van der Waals surface area (Å²) < 4.78 is 14.9. The lowest BCUT2D eigenvalue weighted by molar-refractivity contribution is 0.622. The second-order valence-electron chi connectivity index (χ2n) is 7.69. The van der Waals surface area contributed by atoms with E-state index in [1.807, 2.05) is 50.3 Å². The number of halogens is 1. The zero-order valence-electron chi connectivity index (χ0n) is 18.8. The fourth-order valence-corrected chi connectivity index (χ4v) is 3.31. The first-order chi connectivity index (χ1) is 14.5. The van der Waals surface area contributed by atoms with Crippen LogP contribution in [-0.4, -0.2) is 0 Å². The Morgan fingerprint density at radius 3 is 2.37 bits per heavy atom. The average molecular weight is 401 g/mol. The summed E-state index contributed by atoms with van der Waals surface area (Å²) in [6.07, 6.45) is 11.5. The molecule has 0 spiro atoms. The van der Waals surface area contributed by atoms with Crippen molar-refractivity contribution in [3.63, 3.8) is 0 Å². The van der Waals surface area contributed by atoms with Crippen molar-refractivity contribution >= 4 is 5.57 Å². The Bertz CT molecular complexity index is 952. The van der Waals surface area contributed by atoms with Crippen LogP contribution in [0.2, 0.25) is 0 Å². The summed E-state index contributed by atoms with van der Waals surface area (Å²) in [5.41, 5.74) is 6.46. The normalized spacial score (nSPS) is 11.4. The zero-order valence-corrected chi connectivity index (χ0v) is 18.8. The molecule has 30 heavy (non-hydrogen) atoms. The van der Waals surface area contributed by atoms with Crippen LogP contribution in [0.5, 0.6) is 0 Å². The predicted octanol–water partition coefficient (Wildman–Crippen LogP) is 8.19. The highest BCUT2D eigenvalue weighted by molar-refractivity contribution is 5.75. The largest absolute Gasteiger partial charge is 0.206 e. The molecule has 2 aromatic rings. The monoisotopic (exact) mass is 400 g/mol.